The van der Waals surface area contributed by atoms with Gasteiger partial charge in [-0.15, -0.1) is 0 Å². The van der Waals surface area contributed by atoms with Gasteiger partial charge in [-0.05, 0) is 37.7 Å². The highest BCUT2D eigenvalue weighted by molar-refractivity contribution is 5.57. The normalized spacial score (nSPS) is 22.2. The van der Waals surface area contributed by atoms with Crippen molar-refractivity contribution in [3.8, 4) is 11.3 Å². The van der Waals surface area contributed by atoms with Crippen LogP contribution in [0.3, 0.4) is 0 Å². The molecule has 2 fully saturated rings. The van der Waals surface area contributed by atoms with Gasteiger partial charge < -0.3 is 0 Å². The molecule has 0 N–H and O–H groups in total. The summed E-state index contributed by atoms with van der Waals surface area (Å²) in [6.45, 7) is 1.71. The van der Waals surface area contributed by atoms with E-state index in [1.807, 2.05) is 36.4 Å². The Morgan fingerprint density at radius 3 is 2.54 bits per heavy atom. The summed E-state index contributed by atoms with van der Waals surface area (Å²) in [7, 11) is 0. The second-order valence-electron chi connectivity index (χ2n) is 7.13. The number of nitrogens with zero attached hydrogens (tertiary/aromatic N) is 3. The Kier molecular flexibility index (Phi) is 4.48. The fraction of sp³-hybridized carbons (Fsp3) is 0.500. The van der Waals surface area contributed by atoms with E-state index >= 15 is 0 Å². The van der Waals surface area contributed by atoms with Gasteiger partial charge in [0.1, 0.15) is 0 Å². The van der Waals surface area contributed by atoms with E-state index in [-0.39, 0.29) is 5.56 Å². The molecule has 24 heavy (non-hydrogen) atoms. The van der Waals surface area contributed by atoms with Crippen molar-refractivity contribution in [2.75, 3.05) is 6.54 Å². The van der Waals surface area contributed by atoms with Gasteiger partial charge in [0.15, 0.2) is 0 Å². The first kappa shape index (κ1) is 15.6. The summed E-state index contributed by atoms with van der Waals surface area (Å²) in [6.07, 6.45) is 7.97. The summed E-state index contributed by atoms with van der Waals surface area (Å²) in [6, 6.07) is 14.2. The summed E-state index contributed by atoms with van der Waals surface area (Å²) in [5.74, 6) is 0.820. The average Bonchev–Trinajstić information content (AvgIpc) is 3.29. The third-order valence-electron chi connectivity index (χ3n) is 5.61. The maximum atomic E-state index is 12.3. The molecule has 1 atom stereocenters. The molecule has 4 heteroatoms. The van der Waals surface area contributed by atoms with Crippen LogP contribution in [-0.2, 0) is 6.67 Å². The Morgan fingerprint density at radius 1 is 0.958 bits per heavy atom. The van der Waals surface area contributed by atoms with E-state index in [1.54, 1.807) is 10.7 Å². The van der Waals surface area contributed by atoms with Gasteiger partial charge in [-0.25, -0.2) is 4.68 Å². The van der Waals surface area contributed by atoms with Crippen molar-refractivity contribution in [1.29, 1.82) is 0 Å². The Hall–Kier alpha value is -1.94. The molecule has 2 aliphatic rings. The van der Waals surface area contributed by atoms with Crippen molar-refractivity contribution < 1.29 is 0 Å². The molecule has 4 rings (SSSR count). The molecule has 1 aliphatic carbocycles. The molecule has 1 aliphatic heterocycles. The minimum Gasteiger partial charge on any atom is -0.281 e. The predicted molar refractivity (Wildman–Crippen MR) is 95.6 cm³/mol. The maximum Gasteiger partial charge on any atom is 0.268 e. The Bertz CT molecular complexity index is 734. The van der Waals surface area contributed by atoms with Crippen LogP contribution in [0.5, 0.6) is 0 Å². The van der Waals surface area contributed by atoms with Gasteiger partial charge in [0.25, 0.3) is 5.56 Å². The van der Waals surface area contributed by atoms with Crippen molar-refractivity contribution in [3.63, 3.8) is 0 Å². The molecular formula is C20H25N3O. The lowest BCUT2D eigenvalue weighted by molar-refractivity contribution is 0.141. The van der Waals surface area contributed by atoms with E-state index in [0.29, 0.717) is 12.7 Å². The van der Waals surface area contributed by atoms with Crippen LogP contribution in [0.15, 0.2) is 47.3 Å². The fourth-order valence-corrected chi connectivity index (χ4v) is 4.39. The first-order valence-electron chi connectivity index (χ1n) is 9.19. The SMILES string of the molecule is O=c1ccc(-c2ccccc2)nn1CN1CCC[C@@H]1C1CCCC1. The van der Waals surface area contributed by atoms with Gasteiger partial charge in [0, 0.05) is 24.2 Å². The Balaban J connectivity index is 1.56. The zero-order valence-corrected chi connectivity index (χ0v) is 14.1. The van der Waals surface area contributed by atoms with Crippen LogP contribution >= 0.6 is 0 Å². The molecule has 0 spiro atoms. The molecule has 0 unspecified atom stereocenters. The monoisotopic (exact) mass is 323 g/mol. The van der Waals surface area contributed by atoms with E-state index < -0.39 is 0 Å². The quantitative estimate of drug-likeness (QED) is 0.864. The largest absolute Gasteiger partial charge is 0.281 e. The summed E-state index contributed by atoms with van der Waals surface area (Å²) >= 11 is 0. The standard InChI is InChI=1S/C20H25N3O/c24-20-13-12-18(16-7-2-1-3-8-16)21-23(20)15-22-14-6-11-19(22)17-9-4-5-10-17/h1-3,7-8,12-13,17,19H,4-6,9-11,14-15H2/t19-/m1/s1. The second kappa shape index (κ2) is 6.89. The molecule has 2 aromatic rings. The van der Waals surface area contributed by atoms with E-state index in [4.69, 9.17) is 0 Å². The minimum atomic E-state index is -0.00764. The Morgan fingerprint density at radius 2 is 1.75 bits per heavy atom. The molecule has 4 nitrogen and oxygen atoms in total. The molecule has 1 aromatic carbocycles. The second-order valence-corrected chi connectivity index (χ2v) is 7.13. The Labute approximate surface area is 143 Å². The predicted octanol–water partition coefficient (Wildman–Crippen LogP) is 3.52. The lowest BCUT2D eigenvalue weighted by Gasteiger charge is -2.29. The molecule has 0 bridgehead atoms. The van der Waals surface area contributed by atoms with E-state index in [1.165, 1.54) is 38.5 Å². The number of aromatic nitrogens is 2. The first-order chi connectivity index (χ1) is 11.8. The molecular weight excluding hydrogens is 298 g/mol. The molecule has 1 saturated heterocycles. The number of rotatable bonds is 4. The third kappa shape index (κ3) is 3.16. The smallest absolute Gasteiger partial charge is 0.268 e. The molecule has 1 aromatic heterocycles. The van der Waals surface area contributed by atoms with Crippen molar-refractivity contribution in [2.45, 2.75) is 51.2 Å². The highest BCUT2D eigenvalue weighted by atomic mass is 16.1. The van der Waals surface area contributed by atoms with Gasteiger partial charge in [-0.3, -0.25) is 9.69 Å². The maximum absolute atomic E-state index is 12.3. The number of benzene rings is 1. The fourth-order valence-electron chi connectivity index (χ4n) is 4.39. The first-order valence-corrected chi connectivity index (χ1v) is 9.19. The average molecular weight is 323 g/mol. The van der Waals surface area contributed by atoms with Crippen molar-refractivity contribution in [1.82, 2.24) is 14.7 Å². The van der Waals surface area contributed by atoms with E-state index in [9.17, 15) is 4.79 Å². The van der Waals surface area contributed by atoms with Gasteiger partial charge in [0.05, 0.1) is 12.4 Å². The molecule has 1 saturated carbocycles. The van der Waals surface area contributed by atoms with Gasteiger partial charge >= 0.3 is 0 Å². The number of hydrogen-bond donors (Lipinski definition) is 0. The van der Waals surface area contributed by atoms with Gasteiger partial charge in [-0.1, -0.05) is 43.2 Å². The summed E-state index contributed by atoms with van der Waals surface area (Å²) in [5, 5.41) is 4.63. The highest BCUT2D eigenvalue weighted by Crippen LogP contribution is 2.35. The van der Waals surface area contributed by atoms with Crippen molar-refractivity contribution >= 4 is 0 Å². The lowest BCUT2D eigenvalue weighted by atomic mass is 9.96. The summed E-state index contributed by atoms with van der Waals surface area (Å²) in [5.41, 5.74) is 1.92. The zero-order chi connectivity index (χ0) is 16.4. The molecule has 126 valence electrons. The lowest BCUT2D eigenvalue weighted by Crippen LogP contribution is -2.39. The molecule has 0 radical (unpaired) electrons. The van der Waals surface area contributed by atoms with Crippen LogP contribution in [0.25, 0.3) is 11.3 Å². The van der Waals surface area contributed by atoms with Crippen molar-refractivity contribution in [2.24, 2.45) is 5.92 Å². The van der Waals surface area contributed by atoms with Crippen LogP contribution in [-0.4, -0.2) is 27.3 Å². The van der Waals surface area contributed by atoms with Crippen LogP contribution in [0, 0.1) is 5.92 Å². The van der Waals surface area contributed by atoms with Crippen LogP contribution in [0.1, 0.15) is 38.5 Å². The van der Waals surface area contributed by atoms with E-state index in [2.05, 4.69) is 10.00 Å². The van der Waals surface area contributed by atoms with E-state index in [0.717, 1.165) is 23.7 Å². The molecule has 0 amide bonds. The van der Waals surface area contributed by atoms with Crippen LogP contribution < -0.4 is 5.56 Å². The number of hydrogen-bond acceptors (Lipinski definition) is 3. The topological polar surface area (TPSA) is 38.1 Å². The minimum absolute atomic E-state index is 0.00764. The third-order valence-corrected chi connectivity index (χ3v) is 5.61. The summed E-state index contributed by atoms with van der Waals surface area (Å²) < 4.78 is 1.65. The van der Waals surface area contributed by atoms with Gasteiger partial charge in [0.2, 0.25) is 0 Å². The summed E-state index contributed by atoms with van der Waals surface area (Å²) in [4.78, 5) is 14.8. The van der Waals surface area contributed by atoms with Crippen LogP contribution in [0.4, 0.5) is 0 Å². The zero-order valence-electron chi connectivity index (χ0n) is 14.1. The highest BCUT2D eigenvalue weighted by Gasteiger charge is 2.33. The van der Waals surface area contributed by atoms with Gasteiger partial charge in [-0.2, -0.15) is 5.10 Å². The molecule has 2 heterocycles. The number of likely N-dealkylation sites (tertiary alicyclic amines) is 1. The van der Waals surface area contributed by atoms with Crippen molar-refractivity contribution in [3.05, 3.63) is 52.8 Å². The van der Waals surface area contributed by atoms with Crippen LogP contribution in [0.2, 0.25) is 0 Å².